The lowest BCUT2D eigenvalue weighted by atomic mass is 9.85. The van der Waals surface area contributed by atoms with Gasteiger partial charge in [-0.15, -0.1) is 0 Å². The predicted molar refractivity (Wildman–Crippen MR) is 247 cm³/mol. The molecule has 1 aliphatic rings. The zero-order valence-corrected chi connectivity index (χ0v) is 39.4. The summed E-state index contributed by atoms with van der Waals surface area (Å²) in [7, 11) is -5.15. The van der Waals surface area contributed by atoms with Crippen LogP contribution in [0.1, 0.15) is 200 Å². The molecule has 0 aromatic rings. The van der Waals surface area contributed by atoms with Crippen LogP contribution in [-0.4, -0.2) is 108 Å². The summed E-state index contributed by atoms with van der Waals surface area (Å²) in [5.74, 6) is -0.611. The van der Waals surface area contributed by atoms with Crippen LogP contribution in [0, 0.1) is 0 Å². The van der Waals surface area contributed by atoms with Gasteiger partial charge in [0.05, 0.1) is 31.3 Å². The van der Waals surface area contributed by atoms with Crippen molar-refractivity contribution >= 4 is 13.7 Å². The van der Waals surface area contributed by atoms with Crippen LogP contribution in [0.4, 0.5) is 0 Å². The van der Waals surface area contributed by atoms with Gasteiger partial charge in [-0.1, -0.05) is 172 Å². The van der Waals surface area contributed by atoms with Crippen molar-refractivity contribution in [3.63, 3.8) is 0 Å². The zero-order valence-electron chi connectivity index (χ0n) is 38.5. The van der Waals surface area contributed by atoms with E-state index in [-0.39, 0.29) is 6.42 Å². The number of hydrogen-bond donors (Lipinski definition) is 9. The molecule has 0 bridgehead atoms. The van der Waals surface area contributed by atoms with Gasteiger partial charge in [0.2, 0.25) is 5.91 Å². The Morgan fingerprint density at radius 1 is 0.565 bits per heavy atom. The number of aliphatic hydroxyl groups excluding tert-OH is 7. The Labute approximate surface area is 375 Å². The maximum atomic E-state index is 13.0. The molecule has 0 heterocycles. The van der Waals surface area contributed by atoms with E-state index in [4.69, 9.17) is 9.05 Å². The summed E-state index contributed by atoms with van der Waals surface area (Å²) in [5, 5.41) is 74.5. The van der Waals surface area contributed by atoms with E-state index in [2.05, 4.69) is 43.5 Å². The molecule has 8 unspecified atom stereocenters. The number of nitrogens with one attached hydrogen (secondary N) is 1. The average molecular weight is 904 g/mol. The molecule has 14 heteroatoms. The summed E-state index contributed by atoms with van der Waals surface area (Å²) in [6, 6.07) is -1.26. The minimum atomic E-state index is -5.15. The molecule has 0 aromatic heterocycles. The Morgan fingerprint density at radius 3 is 1.42 bits per heavy atom. The van der Waals surface area contributed by atoms with Gasteiger partial charge in [-0.2, -0.15) is 0 Å². The maximum absolute atomic E-state index is 13.0. The van der Waals surface area contributed by atoms with Gasteiger partial charge in [-0.25, -0.2) is 4.57 Å². The lowest BCUT2D eigenvalue weighted by Gasteiger charge is -2.41. The molecule has 0 spiro atoms. The highest BCUT2D eigenvalue weighted by Crippen LogP contribution is 2.47. The number of amides is 1. The van der Waals surface area contributed by atoms with Crippen LogP contribution in [0.2, 0.25) is 0 Å². The van der Waals surface area contributed by atoms with Crippen LogP contribution in [0.25, 0.3) is 0 Å². The molecule has 0 aromatic carbocycles. The van der Waals surface area contributed by atoms with Gasteiger partial charge in [0.1, 0.15) is 36.6 Å². The molecule has 8 atom stereocenters. The third-order valence-corrected chi connectivity index (χ3v) is 12.7. The Kier molecular flexibility index (Phi) is 35.6. The van der Waals surface area contributed by atoms with Crippen molar-refractivity contribution in [2.24, 2.45) is 0 Å². The number of carbonyl (C=O) groups excluding carboxylic acids is 1. The minimum Gasteiger partial charge on any atom is -0.393 e. The van der Waals surface area contributed by atoms with Crippen LogP contribution in [0.15, 0.2) is 36.5 Å². The first kappa shape index (κ1) is 58.5. The van der Waals surface area contributed by atoms with E-state index < -0.39 is 75.2 Å². The van der Waals surface area contributed by atoms with Gasteiger partial charge in [-0.3, -0.25) is 13.8 Å². The Hall–Kier alpha value is -1.48. The number of rotatable bonds is 40. The van der Waals surface area contributed by atoms with E-state index in [1.807, 2.05) is 0 Å². The Balaban J connectivity index is 2.56. The number of aliphatic hydroxyl groups is 7. The van der Waals surface area contributed by atoms with Crippen LogP contribution in [-0.2, 0) is 18.4 Å². The molecule has 62 heavy (non-hydrogen) atoms. The number of phosphoric acid groups is 1. The molecule has 0 saturated heterocycles. The highest BCUT2D eigenvalue weighted by molar-refractivity contribution is 7.47. The standard InChI is InChI=1S/C48H90NO12P/c1-3-5-7-9-11-13-15-17-19-21-23-25-27-29-31-33-35-39(50)37-42(52)49-40(38-60-62(58,59)61-48-46(56)44(54)43(53)45(55)47(48)57)41(51)36-34-32-30-28-26-24-22-20-18-16-14-12-10-8-6-4-2/h23,25-26,28,34,36,39-41,43-48,50-51,53-57H,3-22,24,27,29-33,35,37-38H2,1-2H3,(H,49,52)(H,58,59)/b25-23-,28-26+,36-34+. The molecule has 1 aliphatic carbocycles. The van der Waals surface area contributed by atoms with Gasteiger partial charge in [0.15, 0.2) is 0 Å². The first-order valence-corrected chi connectivity index (χ1v) is 26.0. The summed E-state index contributed by atoms with van der Waals surface area (Å²) in [6.07, 6.45) is 29.5. The molecular weight excluding hydrogens is 813 g/mol. The second-order valence-corrected chi connectivity index (χ2v) is 18.9. The topological polar surface area (TPSA) is 226 Å². The minimum absolute atomic E-state index is 0.263. The van der Waals surface area contributed by atoms with E-state index >= 15 is 0 Å². The van der Waals surface area contributed by atoms with Crippen LogP contribution in [0.5, 0.6) is 0 Å². The molecular formula is C48H90NO12P. The third-order valence-electron chi connectivity index (χ3n) is 11.7. The Morgan fingerprint density at radius 2 is 0.952 bits per heavy atom. The molecule has 364 valence electrons. The summed E-state index contributed by atoms with van der Waals surface area (Å²) < 4.78 is 22.9. The summed E-state index contributed by atoms with van der Waals surface area (Å²) in [4.78, 5) is 23.4. The molecule has 0 radical (unpaired) electrons. The lowest BCUT2D eigenvalue weighted by molar-refractivity contribution is -0.220. The second kappa shape index (κ2) is 37.7. The molecule has 13 nitrogen and oxygen atoms in total. The Bertz CT molecular complexity index is 1200. The van der Waals surface area contributed by atoms with Crippen LogP contribution < -0.4 is 5.32 Å². The van der Waals surface area contributed by atoms with E-state index in [1.165, 1.54) is 122 Å². The normalized spacial score (nSPS) is 23.3. The number of phosphoric ester groups is 1. The maximum Gasteiger partial charge on any atom is 0.472 e. The van der Waals surface area contributed by atoms with E-state index in [1.54, 1.807) is 6.08 Å². The number of hydrogen-bond acceptors (Lipinski definition) is 11. The molecule has 1 fully saturated rings. The number of unbranched alkanes of at least 4 members (excludes halogenated alkanes) is 23. The fourth-order valence-electron chi connectivity index (χ4n) is 7.66. The molecule has 1 saturated carbocycles. The van der Waals surface area contributed by atoms with Gasteiger partial charge in [0.25, 0.3) is 0 Å². The third kappa shape index (κ3) is 29.1. The van der Waals surface area contributed by atoms with Crippen molar-refractivity contribution in [3.8, 4) is 0 Å². The molecule has 1 rings (SSSR count). The van der Waals surface area contributed by atoms with E-state index in [9.17, 15) is 50.0 Å². The quantitative estimate of drug-likeness (QED) is 0.0160. The number of carbonyl (C=O) groups is 1. The summed E-state index contributed by atoms with van der Waals surface area (Å²) in [6.45, 7) is 3.73. The zero-order chi connectivity index (χ0) is 45.9. The second-order valence-electron chi connectivity index (χ2n) is 17.5. The van der Waals surface area contributed by atoms with Crippen LogP contribution >= 0.6 is 7.82 Å². The molecule has 0 aliphatic heterocycles. The molecule has 1 amide bonds. The fourth-order valence-corrected chi connectivity index (χ4v) is 8.63. The van der Waals surface area contributed by atoms with Gasteiger partial charge in [-0.05, 0) is 57.8 Å². The van der Waals surface area contributed by atoms with E-state index in [0.717, 1.165) is 51.4 Å². The average Bonchev–Trinajstić information content (AvgIpc) is 3.24. The predicted octanol–water partition coefficient (Wildman–Crippen LogP) is 8.53. The smallest absolute Gasteiger partial charge is 0.393 e. The fraction of sp³-hybridized carbons (Fsp3) is 0.854. The summed E-state index contributed by atoms with van der Waals surface area (Å²) >= 11 is 0. The SMILES string of the molecule is CCCCCCCCCCC/C=C\CCCCCC(O)CC(=O)NC(COP(=O)(O)OC1C(O)C(O)C(O)C(O)C1O)C(O)/C=C/CC/C=C/CCCCCCCCCCCC. The first-order chi connectivity index (χ1) is 29.8. The van der Waals surface area contributed by atoms with Crippen LogP contribution in [0.3, 0.4) is 0 Å². The van der Waals surface area contributed by atoms with Gasteiger partial charge in [0, 0.05) is 0 Å². The highest BCUT2D eigenvalue weighted by atomic mass is 31.2. The van der Waals surface area contributed by atoms with Crippen molar-refractivity contribution in [1.82, 2.24) is 5.32 Å². The monoisotopic (exact) mass is 904 g/mol. The first-order valence-electron chi connectivity index (χ1n) is 24.5. The highest BCUT2D eigenvalue weighted by Gasteiger charge is 2.51. The van der Waals surface area contributed by atoms with Crippen molar-refractivity contribution in [1.29, 1.82) is 0 Å². The largest absolute Gasteiger partial charge is 0.472 e. The van der Waals surface area contributed by atoms with Gasteiger partial charge < -0.3 is 46.0 Å². The summed E-state index contributed by atoms with van der Waals surface area (Å²) in [5.41, 5.74) is 0. The van der Waals surface area contributed by atoms with E-state index in [0.29, 0.717) is 12.8 Å². The van der Waals surface area contributed by atoms with Crippen molar-refractivity contribution in [3.05, 3.63) is 36.5 Å². The molecule has 9 N–H and O–H groups in total. The lowest BCUT2D eigenvalue weighted by Crippen LogP contribution is -2.64. The van der Waals surface area contributed by atoms with Crippen molar-refractivity contribution in [2.75, 3.05) is 6.61 Å². The van der Waals surface area contributed by atoms with Crippen molar-refractivity contribution in [2.45, 2.75) is 255 Å². The van der Waals surface area contributed by atoms with Gasteiger partial charge >= 0.3 is 7.82 Å². The van der Waals surface area contributed by atoms with Crippen molar-refractivity contribution < 1.29 is 59.0 Å². The number of allylic oxidation sites excluding steroid dienone is 5.